The molecular weight excluding hydrogens is 735 g/mol. The number of rotatable bonds is 51. The minimum atomic E-state index is -0.657. The smallest absolute Gasteiger partial charge is 0.220 e. The van der Waals surface area contributed by atoms with Crippen LogP contribution in [-0.2, 0) is 4.79 Å². The van der Waals surface area contributed by atoms with E-state index in [0.29, 0.717) is 12.8 Å². The molecule has 0 bridgehead atoms. The number of allylic oxidation sites excluding steroid dienone is 4. The number of carbonyl (C=O) groups is 1. The van der Waals surface area contributed by atoms with Crippen molar-refractivity contribution in [2.75, 3.05) is 6.61 Å². The van der Waals surface area contributed by atoms with E-state index in [9.17, 15) is 15.0 Å². The third-order valence-electron chi connectivity index (χ3n) is 13.0. The van der Waals surface area contributed by atoms with Gasteiger partial charge in [0.1, 0.15) is 0 Å². The molecule has 60 heavy (non-hydrogen) atoms. The Bertz CT molecular complexity index is 871. The van der Waals surface area contributed by atoms with Crippen molar-refractivity contribution in [3.05, 3.63) is 24.3 Å². The summed E-state index contributed by atoms with van der Waals surface area (Å²) in [5.41, 5.74) is 0. The predicted octanol–water partition coefficient (Wildman–Crippen LogP) is 17.9. The third-order valence-corrected chi connectivity index (χ3v) is 13.0. The molecule has 356 valence electrons. The van der Waals surface area contributed by atoms with Gasteiger partial charge in [0.05, 0.1) is 18.8 Å². The van der Waals surface area contributed by atoms with Crippen molar-refractivity contribution in [3.8, 4) is 0 Å². The fraction of sp³-hybridized carbons (Fsp3) is 0.911. The zero-order valence-electron chi connectivity index (χ0n) is 41.0. The summed E-state index contributed by atoms with van der Waals surface area (Å²) in [6.07, 6.45) is 68.7. The summed E-state index contributed by atoms with van der Waals surface area (Å²) < 4.78 is 0. The number of carbonyl (C=O) groups excluding carboxylic acids is 1. The molecule has 0 saturated heterocycles. The number of aliphatic hydroxyl groups excluding tert-OH is 2. The van der Waals surface area contributed by atoms with Crippen LogP contribution in [-0.4, -0.2) is 34.9 Å². The summed E-state index contributed by atoms with van der Waals surface area (Å²) in [4.78, 5) is 12.5. The molecule has 0 heterocycles. The van der Waals surface area contributed by atoms with Crippen molar-refractivity contribution in [1.29, 1.82) is 0 Å². The summed E-state index contributed by atoms with van der Waals surface area (Å²) in [6, 6.07) is -0.533. The summed E-state index contributed by atoms with van der Waals surface area (Å²) in [7, 11) is 0. The predicted molar refractivity (Wildman–Crippen MR) is 267 cm³/mol. The van der Waals surface area contributed by atoms with Gasteiger partial charge in [-0.25, -0.2) is 0 Å². The van der Waals surface area contributed by atoms with Gasteiger partial charge in [-0.05, 0) is 44.9 Å². The molecule has 1 amide bonds. The maximum atomic E-state index is 12.5. The average Bonchev–Trinajstić information content (AvgIpc) is 3.25. The fourth-order valence-corrected chi connectivity index (χ4v) is 8.75. The van der Waals surface area contributed by atoms with Crippen LogP contribution in [0.4, 0.5) is 0 Å². The number of unbranched alkanes of at least 4 members (excludes halogenated alkanes) is 40. The fourth-order valence-electron chi connectivity index (χ4n) is 8.75. The highest BCUT2D eigenvalue weighted by Crippen LogP contribution is 2.17. The van der Waals surface area contributed by atoms with E-state index in [-0.39, 0.29) is 12.5 Å². The summed E-state index contributed by atoms with van der Waals surface area (Å²) >= 11 is 0. The quantitative estimate of drug-likeness (QED) is 0.0422. The Morgan fingerprint density at radius 2 is 0.683 bits per heavy atom. The van der Waals surface area contributed by atoms with E-state index in [2.05, 4.69) is 43.5 Å². The third kappa shape index (κ3) is 47.9. The van der Waals surface area contributed by atoms with Crippen molar-refractivity contribution in [3.63, 3.8) is 0 Å². The van der Waals surface area contributed by atoms with Crippen LogP contribution in [0.2, 0.25) is 0 Å². The second-order valence-electron chi connectivity index (χ2n) is 19.0. The van der Waals surface area contributed by atoms with Gasteiger partial charge in [0, 0.05) is 6.42 Å². The lowest BCUT2D eigenvalue weighted by atomic mass is 10.0. The van der Waals surface area contributed by atoms with E-state index in [0.717, 1.165) is 32.1 Å². The molecule has 3 N–H and O–H groups in total. The Morgan fingerprint density at radius 1 is 0.400 bits per heavy atom. The van der Waals surface area contributed by atoms with Crippen LogP contribution in [0.25, 0.3) is 0 Å². The Hall–Kier alpha value is -1.13. The highest BCUT2D eigenvalue weighted by Gasteiger charge is 2.20. The van der Waals surface area contributed by atoms with Crippen molar-refractivity contribution in [1.82, 2.24) is 5.32 Å². The minimum absolute atomic E-state index is 0.0255. The second kappa shape index (κ2) is 52.2. The van der Waals surface area contributed by atoms with E-state index in [1.165, 1.54) is 250 Å². The zero-order chi connectivity index (χ0) is 43.5. The highest BCUT2D eigenvalue weighted by atomic mass is 16.3. The van der Waals surface area contributed by atoms with Crippen LogP contribution >= 0.6 is 0 Å². The molecule has 2 atom stereocenters. The van der Waals surface area contributed by atoms with Gasteiger partial charge in [-0.2, -0.15) is 0 Å². The van der Waals surface area contributed by atoms with Gasteiger partial charge < -0.3 is 15.5 Å². The van der Waals surface area contributed by atoms with Gasteiger partial charge in [0.15, 0.2) is 0 Å². The van der Waals surface area contributed by atoms with E-state index >= 15 is 0 Å². The Labute approximate surface area is 377 Å². The topological polar surface area (TPSA) is 69.6 Å². The molecule has 0 spiro atoms. The van der Waals surface area contributed by atoms with Crippen molar-refractivity contribution in [2.24, 2.45) is 0 Å². The monoisotopic (exact) mass is 844 g/mol. The maximum Gasteiger partial charge on any atom is 0.220 e. The molecule has 0 aliphatic heterocycles. The number of amides is 1. The number of hydrogen-bond acceptors (Lipinski definition) is 3. The van der Waals surface area contributed by atoms with Gasteiger partial charge in [0.25, 0.3) is 0 Å². The highest BCUT2D eigenvalue weighted by molar-refractivity contribution is 5.76. The van der Waals surface area contributed by atoms with E-state index in [4.69, 9.17) is 0 Å². The van der Waals surface area contributed by atoms with Crippen LogP contribution < -0.4 is 5.32 Å². The lowest BCUT2D eigenvalue weighted by Crippen LogP contribution is -2.45. The molecule has 0 saturated carbocycles. The molecule has 0 aliphatic rings. The molecule has 2 unspecified atom stereocenters. The lowest BCUT2D eigenvalue weighted by Gasteiger charge is -2.22. The Balaban J connectivity index is 3.41. The first-order valence-electron chi connectivity index (χ1n) is 27.5. The Morgan fingerprint density at radius 3 is 1.00 bits per heavy atom. The first-order valence-corrected chi connectivity index (χ1v) is 27.5. The van der Waals surface area contributed by atoms with Crippen molar-refractivity contribution < 1.29 is 15.0 Å². The molecule has 0 aromatic heterocycles. The van der Waals surface area contributed by atoms with Crippen LogP contribution in [0.1, 0.15) is 309 Å². The SMILES string of the molecule is CCCCCCC/C=C\C/C=C\CCCCCCCCCCCCCCCCCCCCCC(=O)NC(CO)C(O)CCCCCCCCCCCCCCCCCCC. The first-order chi connectivity index (χ1) is 29.7. The molecule has 0 aromatic carbocycles. The maximum absolute atomic E-state index is 12.5. The molecular formula is C56H109NO3. The molecule has 0 radical (unpaired) electrons. The Kier molecular flexibility index (Phi) is 51.2. The first kappa shape index (κ1) is 58.9. The number of hydrogen-bond donors (Lipinski definition) is 3. The summed E-state index contributed by atoms with van der Waals surface area (Å²) in [5.74, 6) is -0.0255. The van der Waals surface area contributed by atoms with Crippen molar-refractivity contribution >= 4 is 5.91 Å². The molecule has 0 rings (SSSR count). The van der Waals surface area contributed by atoms with Crippen LogP contribution in [0.3, 0.4) is 0 Å². The van der Waals surface area contributed by atoms with Crippen LogP contribution in [0.5, 0.6) is 0 Å². The summed E-state index contributed by atoms with van der Waals surface area (Å²) in [5, 5.41) is 23.3. The van der Waals surface area contributed by atoms with Gasteiger partial charge in [0.2, 0.25) is 5.91 Å². The molecule has 4 heteroatoms. The number of aliphatic hydroxyl groups is 2. The standard InChI is InChI=1S/C56H109NO3/c1-3-5-7-9-11-13-15-17-19-21-22-23-24-25-26-27-28-29-30-31-32-33-34-36-38-40-42-44-46-48-50-52-56(60)57-54(53-58)55(59)51-49-47-45-43-41-39-37-35-20-18-16-14-12-10-8-6-4-2/h15,17,21-22,54-55,58-59H,3-14,16,18-20,23-53H2,1-2H3,(H,57,60)/b17-15-,22-21-. The molecule has 0 fully saturated rings. The largest absolute Gasteiger partial charge is 0.394 e. The second-order valence-corrected chi connectivity index (χ2v) is 19.0. The van der Waals surface area contributed by atoms with E-state index < -0.39 is 12.1 Å². The van der Waals surface area contributed by atoms with E-state index in [1.807, 2.05) is 0 Å². The van der Waals surface area contributed by atoms with Crippen LogP contribution in [0.15, 0.2) is 24.3 Å². The minimum Gasteiger partial charge on any atom is -0.394 e. The van der Waals surface area contributed by atoms with Gasteiger partial charge in [-0.3, -0.25) is 4.79 Å². The lowest BCUT2D eigenvalue weighted by molar-refractivity contribution is -0.123. The van der Waals surface area contributed by atoms with Crippen LogP contribution in [0, 0.1) is 0 Å². The van der Waals surface area contributed by atoms with Gasteiger partial charge in [-0.1, -0.05) is 282 Å². The summed E-state index contributed by atoms with van der Waals surface area (Å²) in [6.45, 7) is 4.38. The molecule has 0 aromatic rings. The molecule has 0 aliphatic carbocycles. The molecule has 4 nitrogen and oxygen atoms in total. The van der Waals surface area contributed by atoms with Crippen molar-refractivity contribution in [2.45, 2.75) is 321 Å². The van der Waals surface area contributed by atoms with Gasteiger partial charge in [-0.15, -0.1) is 0 Å². The average molecular weight is 844 g/mol. The number of nitrogens with one attached hydrogen (secondary N) is 1. The van der Waals surface area contributed by atoms with E-state index in [1.54, 1.807) is 0 Å². The zero-order valence-corrected chi connectivity index (χ0v) is 41.0. The normalized spacial score (nSPS) is 12.9. The van der Waals surface area contributed by atoms with Gasteiger partial charge >= 0.3 is 0 Å².